The third-order valence-electron chi connectivity index (χ3n) is 1.54. The minimum atomic E-state index is -3.39. The van der Waals surface area contributed by atoms with Crippen molar-refractivity contribution in [2.45, 2.75) is 5.92 Å². The molecule has 0 heterocycles. The summed E-state index contributed by atoms with van der Waals surface area (Å²) in [5, 5.41) is 8.32. The molecule has 1 nitrogen and oxygen atoms in total. The van der Waals surface area contributed by atoms with Gasteiger partial charge in [0.25, 0.3) is 5.92 Å². The van der Waals surface area contributed by atoms with Crippen molar-refractivity contribution in [3.8, 4) is 0 Å². The second-order valence-corrected chi connectivity index (χ2v) is 3.35. The van der Waals surface area contributed by atoms with E-state index in [0.29, 0.717) is 6.07 Å². The van der Waals surface area contributed by atoms with E-state index >= 15 is 0 Å². The Hall–Kier alpha value is -0.550. The van der Waals surface area contributed by atoms with Crippen LogP contribution in [-0.4, -0.2) is 11.7 Å². The van der Waals surface area contributed by atoms with Crippen LogP contribution in [0, 0.1) is 5.82 Å². The molecular weight excluding hydrogens is 249 g/mol. The smallest absolute Gasteiger partial charge is 0.295 e. The van der Waals surface area contributed by atoms with Gasteiger partial charge in [-0.3, -0.25) is 0 Å². The summed E-state index contributed by atoms with van der Waals surface area (Å²) in [6.45, 7) is -1.33. The van der Waals surface area contributed by atoms with Crippen molar-refractivity contribution in [3.63, 3.8) is 0 Å². The zero-order chi connectivity index (χ0) is 10.1. The van der Waals surface area contributed by atoms with Crippen molar-refractivity contribution < 1.29 is 18.3 Å². The first kappa shape index (κ1) is 10.5. The van der Waals surface area contributed by atoms with Crippen molar-refractivity contribution in [2.75, 3.05) is 6.61 Å². The molecule has 0 aromatic heterocycles. The Kier molecular flexibility index (Phi) is 2.98. The van der Waals surface area contributed by atoms with Crippen molar-refractivity contribution in [1.82, 2.24) is 0 Å². The molecule has 0 atom stereocenters. The van der Waals surface area contributed by atoms with Crippen LogP contribution in [0.3, 0.4) is 0 Å². The maximum Gasteiger partial charge on any atom is 0.295 e. The molecule has 0 aliphatic rings. The highest BCUT2D eigenvalue weighted by Gasteiger charge is 2.30. The standard InChI is InChI=1S/C8H6BrF3O/c9-6-2-1-5(3-7(6)10)8(11,12)4-13/h1-3,13H,4H2. The Morgan fingerprint density at radius 1 is 1.38 bits per heavy atom. The van der Waals surface area contributed by atoms with Crippen LogP contribution < -0.4 is 0 Å². The van der Waals surface area contributed by atoms with E-state index in [1.165, 1.54) is 6.07 Å². The predicted octanol–water partition coefficient (Wildman–Crippen LogP) is 2.67. The summed E-state index contributed by atoms with van der Waals surface area (Å²) >= 11 is 2.84. The Morgan fingerprint density at radius 3 is 2.46 bits per heavy atom. The van der Waals surface area contributed by atoms with Crippen LogP contribution in [0.15, 0.2) is 22.7 Å². The van der Waals surface area contributed by atoms with Crippen molar-refractivity contribution >= 4 is 15.9 Å². The van der Waals surface area contributed by atoms with Gasteiger partial charge in [-0.05, 0) is 28.1 Å². The summed E-state index contributed by atoms with van der Waals surface area (Å²) in [5.74, 6) is -4.16. The molecule has 0 fully saturated rings. The number of aliphatic hydroxyl groups is 1. The lowest BCUT2D eigenvalue weighted by atomic mass is 10.1. The quantitative estimate of drug-likeness (QED) is 0.861. The fraction of sp³-hybridized carbons (Fsp3) is 0.250. The van der Waals surface area contributed by atoms with Crippen LogP contribution in [0.5, 0.6) is 0 Å². The van der Waals surface area contributed by atoms with E-state index in [1.807, 2.05) is 0 Å². The van der Waals surface area contributed by atoms with Crippen molar-refractivity contribution in [1.29, 1.82) is 0 Å². The number of rotatable bonds is 2. The summed E-state index contributed by atoms with van der Waals surface area (Å²) in [4.78, 5) is 0. The molecule has 1 rings (SSSR count). The van der Waals surface area contributed by atoms with Crippen molar-refractivity contribution in [3.05, 3.63) is 34.1 Å². The molecule has 0 unspecified atom stereocenters. The number of benzene rings is 1. The monoisotopic (exact) mass is 254 g/mol. The van der Waals surface area contributed by atoms with Gasteiger partial charge in [-0.15, -0.1) is 0 Å². The summed E-state index contributed by atoms with van der Waals surface area (Å²) < 4.78 is 38.4. The van der Waals surface area contributed by atoms with Gasteiger partial charge < -0.3 is 5.11 Å². The van der Waals surface area contributed by atoms with Crippen LogP contribution in [0.1, 0.15) is 5.56 Å². The third-order valence-corrected chi connectivity index (χ3v) is 2.18. The van der Waals surface area contributed by atoms with E-state index in [2.05, 4.69) is 15.9 Å². The van der Waals surface area contributed by atoms with Crippen LogP contribution in [0.2, 0.25) is 0 Å². The topological polar surface area (TPSA) is 20.2 Å². The van der Waals surface area contributed by atoms with Gasteiger partial charge in [-0.2, -0.15) is 8.78 Å². The van der Waals surface area contributed by atoms with Gasteiger partial charge in [0, 0.05) is 5.56 Å². The van der Waals surface area contributed by atoms with Gasteiger partial charge >= 0.3 is 0 Å². The van der Waals surface area contributed by atoms with Crippen LogP contribution in [-0.2, 0) is 5.92 Å². The first-order chi connectivity index (χ1) is 5.97. The number of aliphatic hydroxyl groups excluding tert-OH is 1. The molecule has 0 spiro atoms. The summed E-state index contributed by atoms with van der Waals surface area (Å²) in [6, 6.07) is 2.93. The van der Waals surface area contributed by atoms with E-state index in [9.17, 15) is 13.2 Å². The molecule has 72 valence electrons. The number of hydrogen-bond donors (Lipinski definition) is 1. The maximum absolute atomic E-state index is 12.8. The molecule has 0 saturated carbocycles. The molecule has 1 aromatic rings. The van der Waals surface area contributed by atoms with Gasteiger partial charge in [-0.25, -0.2) is 4.39 Å². The minimum Gasteiger partial charge on any atom is -0.390 e. The fourth-order valence-corrected chi connectivity index (χ4v) is 1.06. The molecule has 0 radical (unpaired) electrons. The highest BCUT2D eigenvalue weighted by molar-refractivity contribution is 9.10. The zero-order valence-electron chi connectivity index (χ0n) is 6.40. The fourth-order valence-electron chi connectivity index (χ4n) is 0.815. The Labute approximate surface area is 81.3 Å². The third kappa shape index (κ3) is 2.22. The van der Waals surface area contributed by atoms with E-state index < -0.39 is 23.9 Å². The van der Waals surface area contributed by atoms with E-state index in [-0.39, 0.29) is 4.47 Å². The minimum absolute atomic E-state index is 0.116. The zero-order valence-corrected chi connectivity index (χ0v) is 7.98. The molecule has 0 aliphatic heterocycles. The average molecular weight is 255 g/mol. The van der Waals surface area contributed by atoms with Crippen LogP contribution >= 0.6 is 15.9 Å². The maximum atomic E-state index is 12.8. The molecule has 0 aliphatic carbocycles. The predicted molar refractivity (Wildman–Crippen MR) is 45.1 cm³/mol. The highest BCUT2D eigenvalue weighted by atomic mass is 79.9. The van der Waals surface area contributed by atoms with Crippen molar-refractivity contribution in [2.24, 2.45) is 0 Å². The molecule has 0 amide bonds. The SMILES string of the molecule is OCC(F)(F)c1ccc(Br)c(F)c1. The van der Waals surface area contributed by atoms with E-state index in [0.717, 1.165) is 6.07 Å². The summed E-state index contributed by atoms with van der Waals surface area (Å²) in [5.41, 5.74) is -0.532. The van der Waals surface area contributed by atoms with Crippen LogP contribution in [0.25, 0.3) is 0 Å². The van der Waals surface area contributed by atoms with E-state index in [4.69, 9.17) is 5.11 Å². The van der Waals surface area contributed by atoms with Crippen LogP contribution in [0.4, 0.5) is 13.2 Å². The lowest BCUT2D eigenvalue weighted by molar-refractivity contribution is -0.0558. The molecule has 5 heteroatoms. The first-order valence-electron chi connectivity index (χ1n) is 3.41. The average Bonchev–Trinajstić information content (AvgIpc) is 2.09. The van der Waals surface area contributed by atoms with Gasteiger partial charge in [0.05, 0.1) is 4.47 Å². The van der Waals surface area contributed by atoms with Gasteiger partial charge in [0.15, 0.2) is 0 Å². The Bertz CT molecular complexity index is 314. The van der Waals surface area contributed by atoms with Gasteiger partial charge in [-0.1, -0.05) is 6.07 Å². The first-order valence-corrected chi connectivity index (χ1v) is 4.21. The molecule has 1 N–H and O–H groups in total. The largest absolute Gasteiger partial charge is 0.390 e. The molecular formula is C8H6BrF3O. The lowest BCUT2D eigenvalue weighted by Crippen LogP contribution is -2.18. The second kappa shape index (κ2) is 3.67. The van der Waals surface area contributed by atoms with Gasteiger partial charge in [0.2, 0.25) is 0 Å². The van der Waals surface area contributed by atoms with Gasteiger partial charge in [0.1, 0.15) is 12.4 Å². The van der Waals surface area contributed by atoms with E-state index in [1.54, 1.807) is 0 Å². The molecule has 13 heavy (non-hydrogen) atoms. The highest BCUT2D eigenvalue weighted by Crippen LogP contribution is 2.29. The molecule has 0 bridgehead atoms. The second-order valence-electron chi connectivity index (χ2n) is 2.49. The number of hydrogen-bond acceptors (Lipinski definition) is 1. The molecule has 0 saturated heterocycles. The number of halogens is 4. The summed E-state index contributed by atoms with van der Waals surface area (Å²) in [6.07, 6.45) is 0. The Balaban J connectivity index is 3.10. The summed E-state index contributed by atoms with van der Waals surface area (Å²) in [7, 11) is 0. The lowest BCUT2D eigenvalue weighted by Gasteiger charge is -2.13. The normalized spacial score (nSPS) is 11.8. The number of alkyl halides is 2. The Morgan fingerprint density at radius 2 is 2.00 bits per heavy atom. The molecule has 1 aromatic carbocycles.